The summed E-state index contributed by atoms with van der Waals surface area (Å²) in [6, 6.07) is 3.00. The summed E-state index contributed by atoms with van der Waals surface area (Å²) in [5, 5.41) is 8.77. The van der Waals surface area contributed by atoms with Gasteiger partial charge >= 0.3 is 0 Å². The Hall–Kier alpha value is -0.470. The van der Waals surface area contributed by atoms with Gasteiger partial charge in [-0.05, 0) is 19.1 Å². The van der Waals surface area contributed by atoms with Crippen LogP contribution < -0.4 is 4.72 Å². The molecular formula is C10H17NO4S2. The molecule has 0 bridgehead atoms. The van der Waals surface area contributed by atoms with E-state index >= 15 is 0 Å². The van der Waals surface area contributed by atoms with Crippen molar-refractivity contribution < 1.29 is 18.3 Å². The highest BCUT2D eigenvalue weighted by Crippen LogP contribution is 2.21. The van der Waals surface area contributed by atoms with Crippen molar-refractivity contribution in [2.24, 2.45) is 0 Å². The van der Waals surface area contributed by atoms with Crippen LogP contribution >= 0.6 is 11.3 Å². The first kappa shape index (κ1) is 14.6. The zero-order chi connectivity index (χ0) is 12.9. The summed E-state index contributed by atoms with van der Waals surface area (Å²) in [5.74, 6) is 0. The van der Waals surface area contributed by atoms with E-state index in [9.17, 15) is 8.42 Å². The topological polar surface area (TPSA) is 75.6 Å². The second-order valence-corrected chi connectivity index (χ2v) is 6.78. The molecule has 0 aliphatic rings. The largest absolute Gasteiger partial charge is 0.396 e. The number of aliphatic hydroxyl groups is 1. The smallest absolute Gasteiger partial charge is 0.250 e. The first-order valence-electron chi connectivity index (χ1n) is 5.20. The minimum atomic E-state index is -3.47. The van der Waals surface area contributed by atoms with Crippen LogP contribution in [0.3, 0.4) is 0 Å². The van der Waals surface area contributed by atoms with E-state index in [0.29, 0.717) is 13.0 Å². The third-order valence-corrected chi connectivity index (χ3v) is 5.26. The Morgan fingerprint density at radius 1 is 1.53 bits per heavy atom. The molecule has 0 aromatic carbocycles. The summed E-state index contributed by atoms with van der Waals surface area (Å²) < 4.78 is 31.5. The first-order chi connectivity index (χ1) is 7.99. The molecule has 0 aliphatic heterocycles. The zero-order valence-electron chi connectivity index (χ0n) is 9.84. The van der Waals surface area contributed by atoms with Gasteiger partial charge in [0.2, 0.25) is 10.0 Å². The molecule has 7 heteroatoms. The van der Waals surface area contributed by atoms with E-state index in [-0.39, 0.29) is 16.9 Å². The molecule has 0 spiro atoms. The Bertz CT molecular complexity index is 441. The Kier molecular flexibility index (Phi) is 5.54. The fraction of sp³-hybridized carbons (Fsp3) is 0.600. The van der Waals surface area contributed by atoms with Crippen LogP contribution in [0.5, 0.6) is 0 Å². The molecular weight excluding hydrogens is 262 g/mol. The Labute approximate surface area is 105 Å². The highest BCUT2D eigenvalue weighted by atomic mass is 32.2. The van der Waals surface area contributed by atoms with E-state index in [2.05, 4.69) is 4.72 Å². The van der Waals surface area contributed by atoms with Gasteiger partial charge < -0.3 is 9.84 Å². The lowest BCUT2D eigenvalue weighted by Crippen LogP contribution is -2.35. The summed E-state index contributed by atoms with van der Waals surface area (Å²) in [6.07, 6.45) is 0.480. The lowest BCUT2D eigenvalue weighted by molar-refractivity contribution is 0.180. The number of hydrogen-bond acceptors (Lipinski definition) is 5. The average molecular weight is 279 g/mol. The third-order valence-electron chi connectivity index (χ3n) is 2.03. The van der Waals surface area contributed by atoms with Crippen LogP contribution in [0, 0.1) is 0 Å². The van der Waals surface area contributed by atoms with Gasteiger partial charge in [0.05, 0.1) is 6.61 Å². The number of methoxy groups -OCH3 is 1. The van der Waals surface area contributed by atoms with Crippen molar-refractivity contribution >= 4 is 21.4 Å². The quantitative estimate of drug-likeness (QED) is 0.766. The molecule has 1 unspecified atom stereocenters. The van der Waals surface area contributed by atoms with Crippen molar-refractivity contribution in [1.82, 2.24) is 4.72 Å². The van der Waals surface area contributed by atoms with Gasteiger partial charge in [-0.2, -0.15) is 0 Å². The van der Waals surface area contributed by atoms with E-state index in [1.165, 1.54) is 18.4 Å². The molecule has 1 aromatic heterocycles. The second-order valence-electron chi connectivity index (χ2n) is 3.67. The third kappa shape index (κ3) is 4.36. The monoisotopic (exact) mass is 279 g/mol. The summed E-state index contributed by atoms with van der Waals surface area (Å²) in [4.78, 5) is 0.854. The lowest BCUT2D eigenvalue weighted by Gasteiger charge is -2.11. The van der Waals surface area contributed by atoms with Gasteiger partial charge in [0, 0.05) is 31.1 Å². The molecule has 1 rings (SSSR count). The van der Waals surface area contributed by atoms with E-state index in [1.807, 2.05) is 0 Å². The van der Waals surface area contributed by atoms with Gasteiger partial charge in [0.25, 0.3) is 0 Å². The summed E-state index contributed by atoms with van der Waals surface area (Å²) in [6.45, 7) is 2.09. The summed E-state index contributed by atoms with van der Waals surface area (Å²) in [5.41, 5.74) is 0. The van der Waals surface area contributed by atoms with Gasteiger partial charge in [0.15, 0.2) is 0 Å². The number of aliphatic hydroxyl groups excluding tert-OH is 1. The van der Waals surface area contributed by atoms with Crippen LogP contribution in [0.2, 0.25) is 0 Å². The van der Waals surface area contributed by atoms with Crippen molar-refractivity contribution in [2.75, 3.05) is 20.3 Å². The number of thiophene rings is 1. The fourth-order valence-corrected chi connectivity index (χ4v) is 3.94. The SMILES string of the molecule is COCC(C)NS(=O)(=O)c1ccc(CCO)s1. The standard InChI is InChI=1S/C10H17NO4S2/c1-8(7-15-2)11-17(13,14)10-4-3-9(16-10)5-6-12/h3-4,8,11-12H,5-7H2,1-2H3. The van der Waals surface area contributed by atoms with E-state index < -0.39 is 10.0 Å². The maximum absolute atomic E-state index is 11.9. The number of nitrogens with one attached hydrogen (secondary N) is 1. The highest BCUT2D eigenvalue weighted by molar-refractivity contribution is 7.91. The van der Waals surface area contributed by atoms with Crippen molar-refractivity contribution in [3.05, 3.63) is 17.0 Å². The predicted octanol–water partition coefficient (Wildman–Crippen LogP) is 0.596. The maximum atomic E-state index is 11.9. The molecule has 0 saturated carbocycles. The minimum Gasteiger partial charge on any atom is -0.396 e. The Morgan fingerprint density at radius 3 is 2.82 bits per heavy atom. The van der Waals surface area contributed by atoms with Gasteiger partial charge in [-0.25, -0.2) is 13.1 Å². The van der Waals surface area contributed by atoms with Gasteiger partial charge in [-0.1, -0.05) is 0 Å². The van der Waals surface area contributed by atoms with Crippen LogP contribution in [0.1, 0.15) is 11.8 Å². The molecule has 5 nitrogen and oxygen atoms in total. The molecule has 98 valence electrons. The number of hydrogen-bond donors (Lipinski definition) is 2. The highest BCUT2D eigenvalue weighted by Gasteiger charge is 2.19. The second kappa shape index (κ2) is 6.46. The molecule has 0 aliphatic carbocycles. The Balaban J connectivity index is 2.75. The van der Waals surface area contributed by atoms with Crippen LogP contribution in [-0.4, -0.2) is 39.9 Å². The molecule has 1 heterocycles. The molecule has 0 saturated heterocycles. The molecule has 0 fully saturated rings. The van der Waals surface area contributed by atoms with Crippen LogP contribution in [0.4, 0.5) is 0 Å². The van der Waals surface area contributed by atoms with Gasteiger partial charge in [0.1, 0.15) is 4.21 Å². The molecule has 0 amide bonds. The van der Waals surface area contributed by atoms with Crippen LogP contribution in [0.25, 0.3) is 0 Å². The molecule has 17 heavy (non-hydrogen) atoms. The first-order valence-corrected chi connectivity index (χ1v) is 7.50. The van der Waals surface area contributed by atoms with Crippen LogP contribution in [0.15, 0.2) is 16.3 Å². The molecule has 0 radical (unpaired) electrons. The van der Waals surface area contributed by atoms with Crippen molar-refractivity contribution in [1.29, 1.82) is 0 Å². The molecule has 1 atom stereocenters. The number of ether oxygens (including phenoxy) is 1. The van der Waals surface area contributed by atoms with Crippen molar-refractivity contribution in [3.8, 4) is 0 Å². The van der Waals surface area contributed by atoms with E-state index in [0.717, 1.165) is 4.88 Å². The lowest BCUT2D eigenvalue weighted by atomic mass is 10.4. The minimum absolute atomic E-state index is 0.0213. The van der Waals surface area contributed by atoms with E-state index in [1.54, 1.807) is 19.1 Å². The maximum Gasteiger partial charge on any atom is 0.250 e. The molecule has 1 aromatic rings. The average Bonchev–Trinajstić information content (AvgIpc) is 2.67. The van der Waals surface area contributed by atoms with Crippen LogP contribution in [-0.2, 0) is 21.2 Å². The predicted molar refractivity (Wildman–Crippen MR) is 66.8 cm³/mol. The molecule has 2 N–H and O–H groups in total. The van der Waals surface area contributed by atoms with Gasteiger partial charge in [-0.15, -0.1) is 11.3 Å². The summed E-state index contributed by atoms with van der Waals surface area (Å²) in [7, 11) is -1.95. The zero-order valence-corrected chi connectivity index (χ0v) is 11.5. The van der Waals surface area contributed by atoms with E-state index in [4.69, 9.17) is 9.84 Å². The van der Waals surface area contributed by atoms with Crippen molar-refractivity contribution in [2.45, 2.75) is 23.6 Å². The van der Waals surface area contributed by atoms with Gasteiger partial charge in [-0.3, -0.25) is 0 Å². The number of rotatable bonds is 7. The number of sulfonamides is 1. The summed E-state index contributed by atoms with van der Waals surface area (Å²) >= 11 is 1.17. The normalized spacial score (nSPS) is 13.8. The van der Waals surface area contributed by atoms with Crippen molar-refractivity contribution in [3.63, 3.8) is 0 Å². The Morgan fingerprint density at radius 2 is 2.24 bits per heavy atom. The fourth-order valence-electron chi connectivity index (χ4n) is 1.35.